The molecule has 2 amide bonds. The van der Waals surface area contributed by atoms with Gasteiger partial charge in [-0.2, -0.15) is 5.10 Å². The molecule has 1 saturated heterocycles. The average Bonchev–Trinajstić information content (AvgIpc) is 3.28. The zero-order valence-electron chi connectivity index (χ0n) is 24.2. The maximum absolute atomic E-state index is 14.0. The normalized spacial score (nSPS) is 17.9. The summed E-state index contributed by atoms with van der Waals surface area (Å²) in [5.41, 5.74) is 5.59. The highest BCUT2D eigenvalue weighted by Gasteiger charge is 2.41. The third-order valence-corrected chi connectivity index (χ3v) is 8.92. The standard InChI is InChI=1S/C31H38N4O4S/c1-20-10-9-12-23(21(20)2)35-30-27(29(32-35)31(3,4)5)28(22-11-7-8-13-24(22)38-6)40-19-26(37)34(30)18-25(36)33-14-16-39-17-15-33/h7-13,28H,14-19H2,1-6H3/t28-/m1/s1. The maximum atomic E-state index is 14.0. The van der Waals surface area contributed by atoms with Crippen molar-refractivity contribution >= 4 is 29.4 Å². The molecule has 0 spiro atoms. The number of aryl methyl sites for hydroxylation is 1. The summed E-state index contributed by atoms with van der Waals surface area (Å²) in [4.78, 5) is 31.0. The summed E-state index contributed by atoms with van der Waals surface area (Å²) in [7, 11) is 1.67. The highest BCUT2D eigenvalue weighted by Crippen LogP contribution is 2.50. The van der Waals surface area contributed by atoms with Crippen LogP contribution in [0.3, 0.4) is 0 Å². The number of para-hydroxylation sites is 1. The Kier molecular flexibility index (Phi) is 7.97. The molecule has 0 bridgehead atoms. The van der Waals surface area contributed by atoms with E-state index >= 15 is 0 Å². The molecule has 1 atom stereocenters. The monoisotopic (exact) mass is 562 g/mol. The number of carbonyl (C=O) groups is 2. The summed E-state index contributed by atoms with van der Waals surface area (Å²) in [6, 6.07) is 14.1. The number of ether oxygens (including phenoxy) is 2. The SMILES string of the molecule is COc1ccccc1[C@H]1SCC(=O)N(CC(=O)N2CCOCC2)c2c1c(C(C)(C)C)nn2-c1cccc(C)c1C. The Balaban J connectivity index is 1.78. The van der Waals surface area contributed by atoms with Crippen LogP contribution >= 0.6 is 11.8 Å². The van der Waals surface area contributed by atoms with Crippen molar-refractivity contribution in [1.29, 1.82) is 0 Å². The van der Waals surface area contributed by atoms with E-state index in [0.29, 0.717) is 32.1 Å². The quantitative estimate of drug-likeness (QED) is 0.444. The Morgan fingerprint density at radius 3 is 2.52 bits per heavy atom. The highest BCUT2D eigenvalue weighted by molar-refractivity contribution is 8.00. The van der Waals surface area contributed by atoms with E-state index in [0.717, 1.165) is 39.4 Å². The van der Waals surface area contributed by atoms with Crippen molar-refractivity contribution < 1.29 is 19.1 Å². The van der Waals surface area contributed by atoms with Gasteiger partial charge in [0.2, 0.25) is 11.8 Å². The van der Waals surface area contributed by atoms with Crippen molar-refractivity contribution in [3.05, 3.63) is 70.4 Å². The molecule has 3 heterocycles. The van der Waals surface area contributed by atoms with Crippen LogP contribution in [0.1, 0.15) is 54.0 Å². The van der Waals surface area contributed by atoms with Gasteiger partial charge in [0.25, 0.3) is 0 Å². The molecule has 2 aliphatic heterocycles. The molecule has 0 unspecified atom stereocenters. The first-order valence-corrected chi connectivity index (χ1v) is 14.8. The molecule has 9 heteroatoms. The van der Waals surface area contributed by atoms with Crippen molar-refractivity contribution in [2.75, 3.05) is 50.6 Å². The van der Waals surface area contributed by atoms with Gasteiger partial charge in [-0.25, -0.2) is 4.68 Å². The van der Waals surface area contributed by atoms with Crippen LogP contribution in [0.25, 0.3) is 5.69 Å². The second-order valence-electron chi connectivity index (χ2n) is 11.4. The lowest BCUT2D eigenvalue weighted by atomic mass is 9.87. The van der Waals surface area contributed by atoms with E-state index in [9.17, 15) is 9.59 Å². The van der Waals surface area contributed by atoms with Crippen molar-refractivity contribution in [1.82, 2.24) is 14.7 Å². The predicted octanol–water partition coefficient (Wildman–Crippen LogP) is 4.82. The molecule has 2 aromatic carbocycles. The Labute approximate surface area is 240 Å². The smallest absolute Gasteiger partial charge is 0.242 e. The zero-order valence-corrected chi connectivity index (χ0v) is 25.0. The van der Waals surface area contributed by atoms with Crippen LogP contribution in [0.5, 0.6) is 5.75 Å². The first kappa shape index (κ1) is 28.2. The lowest BCUT2D eigenvalue weighted by Crippen LogP contribution is -2.48. The predicted molar refractivity (Wildman–Crippen MR) is 159 cm³/mol. The molecular formula is C31H38N4O4S. The molecule has 5 rings (SSSR count). The van der Waals surface area contributed by atoms with Gasteiger partial charge in [-0.1, -0.05) is 51.1 Å². The summed E-state index contributed by atoms with van der Waals surface area (Å²) >= 11 is 1.56. The molecule has 1 fully saturated rings. The van der Waals surface area contributed by atoms with Crippen molar-refractivity contribution in [3.8, 4) is 11.4 Å². The van der Waals surface area contributed by atoms with Gasteiger partial charge in [-0.15, -0.1) is 11.8 Å². The lowest BCUT2D eigenvalue weighted by Gasteiger charge is -2.30. The highest BCUT2D eigenvalue weighted by atomic mass is 32.2. The van der Waals surface area contributed by atoms with Crippen molar-refractivity contribution in [2.45, 2.75) is 45.3 Å². The summed E-state index contributed by atoms with van der Waals surface area (Å²) in [6.45, 7) is 12.6. The number of thioether (sulfide) groups is 1. The van der Waals surface area contributed by atoms with E-state index in [1.807, 2.05) is 35.0 Å². The number of hydrogen-bond donors (Lipinski definition) is 0. The first-order valence-electron chi connectivity index (χ1n) is 13.7. The number of rotatable bonds is 5. The van der Waals surface area contributed by atoms with E-state index in [-0.39, 0.29) is 34.8 Å². The summed E-state index contributed by atoms with van der Waals surface area (Å²) in [5, 5.41) is 5.02. The number of hydrogen-bond acceptors (Lipinski definition) is 6. The second kappa shape index (κ2) is 11.3. The average molecular weight is 563 g/mol. The minimum atomic E-state index is -0.332. The minimum Gasteiger partial charge on any atom is -0.496 e. The van der Waals surface area contributed by atoms with E-state index < -0.39 is 0 Å². The topological polar surface area (TPSA) is 76.9 Å². The van der Waals surface area contributed by atoms with E-state index in [1.54, 1.807) is 28.7 Å². The molecule has 8 nitrogen and oxygen atoms in total. The number of nitrogens with zero attached hydrogens (tertiary/aromatic N) is 4. The second-order valence-corrected chi connectivity index (χ2v) is 12.5. The fraction of sp³-hybridized carbons (Fsp3) is 0.452. The number of morpholine rings is 1. The van der Waals surface area contributed by atoms with Gasteiger partial charge in [-0.3, -0.25) is 14.5 Å². The summed E-state index contributed by atoms with van der Waals surface area (Å²) in [6.07, 6.45) is 0. The molecule has 0 saturated carbocycles. The maximum Gasteiger partial charge on any atom is 0.242 e. The lowest BCUT2D eigenvalue weighted by molar-refractivity contribution is -0.134. The number of carbonyl (C=O) groups excluding carboxylic acids is 2. The Bertz CT molecular complexity index is 1420. The van der Waals surface area contributed by atoms with E-state index in [2.05, 4.69) is 46.8 Å². The summed E-state index contributed by atoms with van der Waals surface area (Å²) < 4.78 is 13.2. The number of fused-ring (bicyclic) bond motifs is 1. The van der Waals surface area contributed by atoms with Gasteiger partial charge in [0.15, 0.2) is 0 Å². The van der Waals surface area contributed by atoms with Gasteiger partial charge in [0.05, 0.1) is 42.7 Å². The Hall–Kier alpha value is -3.30. The van der Waals surface area contributed by atoms with Crippen LogP contribution in [0.4, 0.5) is 5.82 Å². The van der Waals surface area contributed by atoms with Crippen LogP contribution < -0.4 is 9.64 Å². The van der Waals surface area contributed by atoms with Gasteiger partial charge in [-0.05, 0) is 37.1 Å². The van der Waals surface area contributed by atoms with Gasteiger partial charge in [0, 0.05) is 29.6 Å². The number of anilines is 1. The van der Waals surface area contributed by atoms with E-state index in [4.69, 9.17) is 14.6 Å². The minimum absolute atomic E-state index is 0.0504. The fourth-order valence-electron chi connectivity index (χ4n) is 5.38. The molecule has 0 N–H and O–H groups in total. The largest absolute Gasteiger partial charge is 0.496 e. The van der Waals surface area contributed by atoms with Gasteiger partial charge in [0.1, 0.15) is 18.1 Å². The Morgan fingerprint density at radius 2 is 1.82 bits per heavy atom. The van der Waals surface area contributed by atoms with E-state index in [1.165, 1.54) is 0 Å². The molecule has 1 aromatic heterocycles. The van der Waals surface area contributed by atoms with Crippen molar-refractivity contribution in [3.63, 3.8) is 0 Å². The Morgan fingerprint density at radius 1 is 1.10 bits per heavy atom. The van der Waals surface area contributed by atoms with Crippen LogP contribution in [-0.4, -0.2) is 72.2 Å². The number of benzene rings is 2. The van der Waals surface area contributed by atoms with Crippen LogP contribution in [-0.2, 0) is 19.7 Å². The van der Waals surface area contributed by atoms with Gasteiger partial charge < -0.3 is 14.4 Å². The molecule has 2 aliphatic rings. The number of aromatic nitrogens is 2. The molecule has 0 radical (unpaired) electrons. The molecule has 40 heavy (non-hydrogen) atoms. The van der Waals surface area contributed by atoms with Crippen molar-refractivity contribution in [2.24, 2.45) is 0 Å². The molecule has 0 aliphatic carbocycles. The third kappa shape index (κ3) is 5.24. The molecule has 212 valence electrons. The van der Waals surface area contributed by atoms with Crippen LogP contribution in [0, 0.1) is 13.8 Å². The summed E-state index contributed by atoms with van der Waals surface area (Å²) in [5.74, 6) is 1.44. The number of amides is 2. The first-order chi connectivity index (χ1) is 19.1. The molecule has 3 aromatic rings. The number of methoxy groups -OCH3 is 1. The fourth-order valence-corrected chi connectivity index (χ4v) is 6.61. The van der Waals surface area contributed by atoms with Gasteiger partial charge >= 0.3 is 0 Å². The van der Waals surface area contributed by atoms with Crippen LogP contribution in [0.2, 0.25) is 0 Å². The van der Waals surface area contributed by atoms with Crippen LogP contribution in [0.15, 0.2) is 42.5 Å². The zero-order chi connectivity index (χ0) is 28.6. The molecular weight excluding hydrogens is 524 g/mol. The third-order valence-electron chi connectivity index (χ3n) is 7.68.